The van der Waals surface area contributed by atoms with Crippen molar-refractivity contribution in [3.63, 3.8) is 0 Å². The number of para-hydroxylation sites is 2. The van der Waals surface area contributed by atoms with Gasteiger partial charge in [0.05, 0.1) is 5.56 Å². The molecule has 4 aromatic rings. The number of rotatable bonds is 2. The van der Waals surface area contributed by atoms with Crippen molar-refractivity contribution >= 4 is 5.65 Å². The average Bonchev–Trinajstić information content (AvgIpc) is 2.97. The molecule has 5 heteroatoms. The monoisotopic (exact) mass is 317 g/mol. The quantitative estimate of drug-likeness (QED) is 0.590. The molecule has 118 valence electrons. The van der Waals surface area contributed by atoms with Crippen molar-refractivity contribution < 1.29 is 10.2 Å². The fourth-order valence-corrected chi connectivity index (χ4v) is 2.81. The zero-order valence-corrected chi connectivity index (χ0v) is 13.0. The molecule has 24 heavy (non-hydrogen) atoms. The molecule has 2 N–H and O–H groups in total. The second-order valence-corrected chi connectivity index (χ2v) is 5.59. The standard InChI is InChI=1S/C19H15N3O2/c1-12-6-4-8-14(17(12)24)18-21-16(13-7-2-3-9-15(13)23)19-20-10-5-11-22(18)19/h2-11,23-24H,1H3. The molecule has 0 aliphatic carbocycles. The molecule has 0 amide bonds. The van der Waals surface area contributed by atoms with Crippen LogP contribution in [0, 0.1) is 6.92 Å². The first-order chi connectivity index (χ1) is 11.7. The van der Waals surface area contributed by atoms with E-state index in [0.29, 0.717) is 28.3 Å². The van der Waals surface area contributed by atoms with Crippen molar-refractivity contribution in [3.05, 3.63) is 66.5 Å². The molecule has 0 atom stereocenters. The predicted octanol–water partition coefficient (Wildman–Crippen LogP) is 3.78. The Morgan fingerprint density at radius 3 is 2.54 bits per heavy atom. The van der Waals surface area contributed by atoms with Crippen molar-refractivity contribution in [2.75, 3.05) is 0 Å². The van der Waals surface area contributed by atoms with Gasteiger partial charge in [0.1, 0.15) is 23.0 Å². The first kappa shape index (κ1) is 14.3. The van der Waals surface area contributed by atoms with Crippen molar-refractivity contribution in [1.82, 2.24) is 14.4 Å². The van der Waals surface area contributed by atoms with E-state index in [1.165, 1.54) is 0 Å². The summed E-state index contributed by atoms with van der Waals surface area (Å²) in [6, 6.07) is 14.4. The van der Waals surface area contributed by atoms with E-state index in [1.54, 1.807) is 30.5 Å². The van der Waals surface area contributed by atoms with Gasteiger partial charge in [-0.2, -0.15) is 0 Å². The normalized spacial score (nSPS) is 11.0. The molecule has 0 unspecified atom stereocenters. The van der Waals surface area contributed by atoms with Gasteiger partial charge in [0.25, 0.3) is 0 Å². The van der Waals surface area contributed by atoms with Crippen LogP contribution in [-0.4, -0.2) is 24.6 Å². The molecule has 0 fully saturated rings. The molecule has 0 bridgehead atoms. The van der Waals surface area contributed by atoms with Crippen LogP contribution in [0.2, 0.25) is 0 Å². The lowest BCUT2D eigenvalue weighted by atomic mass is 10.1. The number of aromatic nitrogens is 3. The Morgan fingerprint density at radius 2 is 1.71 bits per heavy atom. The van der Waals surface area contributed by atoms with Gasteiger partial charge < -0.3 is 10.2 Å². The number of phenolic OH excluding ortho intramolecular Hbond substituents is 2. The van der Waals surface area contributed by atoms with Gasteiger partial charge in [0.15, 0.2) is 5.65 Å². The Bertz CT molecular complexity index is 1050. The molecule has 0 radical (unpaired) electrons. The SMILES string of the molecule is Cc1cccc(-c2nc(-c3ccccc3O)c3ncccn23)c1O. The van der Waals surface area contributed by atoms with Gasteiger partial charge in [-0.25, -0.2) is 9.97 Å². The minimum Gasteiger partial charge on any atom is -0.507 e. The van der Waals surface area contributed by atoms with E-state index in [4.69, 9.17) is 0 Å². The highest BCUT2D eigenvalue weighted by Gasteiger charge is 2.19. The van der Waals surface area contributed by atoms with Crippen LogP contribution in [0.3, 0.4) is 0 Å². The molecule has 0 aliphatic heterocycles. The Balaban J connectivity index is 2.06. The molecule has 0 aliphatic rings. The summed E-state index contributed by atoms with van der Waals surface area (Å²) in [6.07, 6.45) is 3.52. The van der Waals surface area contributed by atoms with E-state index in [1.807, 2.05) is 41.8 Å². The number of imidazole rings is 1. The number of hydrogen-bond acceptors (Lipinski definition) is 4. The Morgan fingerprint density at radius 1 is 0.917 bits per heavy atom. The third kappa shape index (κ3) is 2.10. The third-order valence-corrected chi connectivity index (χ3v) is 4.04. The lowest BCUT2D eigenvalue weighted by molar-refractivity contribution is 0.472. The Hall–Kier alpha value is -3.34. The summed E-state index contributed by atoms with van der Waals surface area (Å²) < 4.78 is 1.82. The molecule has 2 aromatic carbocycles. The number of nitrogens with zero attached hydrogens (tertiary/aromatic N) is 3. The lowest BCUT2D eigenvalue weighted by Gasteiger charge is -2.05. The summed E-state index contributed by atoms with van der Waals surface area (Å²) in [5.74, 6) is 0.915. The van der Waals surface area contributed by atoms with E-state index in [2.05, 4.69) is 9.97 Å². The van der Waals surface area contributed by atoms with Crippen molar-refractivity contribution in [2.45, 2.75) is 6.92 Å². The molecule has 0 saturated heterocycles. The summed E-state index contributed by atoms with van der Waals surface area (Å²) in [5.41, 5.74) is 3.20. The summed E-state index contributed by atoms with van der Waals surface area (Å²) in [7, 11) is 0. The van der Waals surface area contributed by atoms with E-state index in [9.17, 15) is 10.2 Å². The van der Waals surface area contributed by atoms with Crippen LogP contribution in [0.25, 0.3) is 28.3 Å². The van der Waals surface area contributed by atoms with Crippen LogP contribution in [0.1, 0.15) is 5.56 Å². The largest absolute Gasteiger partial charge is 0.507 e. The minimum atomic E-state index is 0.142. The van der Waals surface area contributed by atoms with Crippen molar-refractivity contribution in [1.29, 1.82) is 0 Å². The van der Waals surface area contributed by atoms with Gasteiger partial charge in [0.2, 0.25) is 0 Å². The maximum atomic E-state index is 10.4. The van der Waals surface area contributed by atoms with Crippen LogP contribution in [0.15, 0.2) is 60.9 Å². The number of aryl methyl sites for hydroxylation is 1. The summed E-state index contributed by atoms with van der Waals surface area (Å²) in [4.78, 5) is 9.08. The smallest absolute Gasteiger partial charge is 0.165 e. The maximum Gasteiger partial charge on any atom is 0.165 e. The van der Waals surface area contributed by atoms with E-state index < -0.39 is 0 Å². The fourth-order valence-electron chi connectivity index (χ4n) is 2.81. The van der Waals surface area contributed by atoms with Crippen molar-refractivity contribution in [2.24, 2.45) is 0 Å². The Labute approximate surface area is 138 Å². The van der Waals surface area contributed by atoms with Gasteiger partial charge in [-0.3, -0.25) is 4.40 Å². The second-order valence-electron chi connectivity index (χ2n) is 5.59. The van der Waals surface area contributed by atoms with Gasteiger partial charge in [0, 0.05) is 18.0 Å². The third-order valence-electron chi connectivity index (χ3n) is 4.04. The van der Waals surface area contributed by atoms with Gasteiger partial charge >= 0.3 is 0 Å². The van der Waals surface area contributed by atoms with Gasteiger partial charge in [-0.15, -0.1) is 0 Å². The highest BCUT2D eigenvalue weighted by molar-refractivity contribution is 5.82. The number of phenols is 2. The lowest BCUT2D eigenvalue weighted by Crippen LogP contribution is -1.91. The number of benzene rings is 2. The minimum absolute atomic E-state index is 0.142. The first-order valence-corrected chi connectivity index (χ1v) is 7.57. The molecular weight excluding hydrogens is 302 g/mol. The zero-order chi connectivity index (χ0) is 16.7. The number of hydrogen-bond donors (Lipinski definition) is 2. The van der Waals surface area contributed by atoms with E-state index >= 15 is 0 Å². The van der Waals surface area contributed by atoms with E-state index in [0.717, 1.165) is 5.56 Å². The van der Waals surface area contributed by atoms with Crippen LogP contribution in [0.4, 0.5) is 0 Å². The van der Waals surface area contributed by atoms with E-state index in [-0.39, 0.29) is 11.5 Å². The topological polar surface area (TPSA) is 70.7 Å². The van der Waals surface area contributed by atoms with Crippen LogP contribution in [0.5, 0.6) is 11.5 Å². The summed E-state index contributed by atoms with van der Waals surface area (Å²) >= 11 is 0. The second kappa shape index (κ2) is 5.38. The predicted molar refractivity (Wildman–Crippen MR) is 91.9 cm³/mol. The molecule has 0 saturated carbocycles. The molecular formula is C19H15N3O2. The van der Waals surface area contributed by atoms with Crippen LogP contribution >= 0.6 is 0 Å². The number of fused-ring (bicyclic) bond motifs is 1. The van der Waals surface area contributed by atoms with Gasteiger partial charge in [-0.1, -0.05) is 24.3 Å². The summed E-state index contributed by atoms with van der Waals surface area (Å²) in [6.45, 7) is 1.84. The van der Waals surface area contributed by atoms with Gasteiger partial charge in [-0.05, 0) is 36.8 Å². The Kier molecular flexibility index (Phi) is 3.20. The summed E-state index contributed by atoms with van der Waals surface area (Å²) in [5, 5.41) is 20.6. The molecule has 0 spiro atoms. The number of aromatic hydroxyl groups is 2. The highest BCUT2D eigenvalue weighted by Crippen LogP contribution is 2.36. The zero-order valence-electron chi connectivity index (χ0n) is 13.0. The molecule has 4 rings (SSSR count). The fraction of sp³-hybridized carbons (Fsp3) is 0.0526. The maximum absolute atomic E-state index is 10.4. The first-order valence-electron chi connectivity index (χ1n) is 7.57. The highest BCUT2D eigenvalue weighted by atomic mass is 16.3. The molecule has 2 aromatic heterocycles. The van der Waals surface area contributed by atoms with Crippen LogP contribution in [-0.2, 0) is 0 Å². The molecule has 2 heterocycles. The molecule has 5 nitrogen and oxygen atoms in total. The van der Waals surface area contributed by atoms with Crippen molar-refractivity contribution in [3.8, 4) is 34.1 Å². The average molecular weight is 317 g/mol. The van der Waals surface area contributed by atoms with Crippen LogP contribution < -0.4 is 0 Å².